The van der Waals surface area contributed by atoms with E-state index in [1.165, 1.54) is 13.0 Å². The van der Waals surface area contributed by atoms with Crippen LogP contribution < -0.4 is 5.32 Å². The normalized spacial score (nSPS) is 11.4. The summed E-state index contributed by atoms with van der Waals surface area (Å²) in [6, 6.07) is 4.81. The summed E-state index contributed by atoms with van der Waals surface area (Å²) < 4.78 is 25.5. The number of nitrogens with one attached hydrogen (secondary N) is 1. The molecule has 1 aromatic carbocycles. The monoisotopic (exact) mass is 254 g/mol. The van der Waals surface area contributed by atoms with E-state index >= 15 is 0 Å². The minimum Gasteiger partial charge on any atom is -0.511 e. The van der Waals surface area contributed by atoms with Gasteiger partial charge in [0.2, 0.25) is 0 Å². The Morgan fingerprint density at radius 2 is 2.06 bits per heavy atom. The van der Waals surface area contributed by atoms with Gasteiger partial charge in [-0.1, -0.05) is 12.2 Å². The summed E-state index contributed by atoms with van der Waals surface area (Å²) in [5.74, 6) is -2.25. The molecule has 0 spiro atoms. The first-order chi connectivity index (χ1) is 7.95. The number of halogens is 2. The number of aliphatic hydroxyl groups excluding tert-OH is 1. The van der Waals surface area contributed by atoms with Crippen LogP contribution in [0.1, 0.15) is 6.92 Å². The molecule has 0 heterocycles. The van der Waals surface area contributed by atoms with Gasteiger partial charge in [0.1, 0.15) is 22.4 Å². The van der Waals surface area contributed by atoms with Crippen LogP contribution in [-0.4, -0.2) is 10.1 Å². The van der Waals surface area contributed by atoms with E-state index in [4.69, 9.17) is 22.6 Å². The molecule has 0 aliphatic carbocycles. The summed E-state index contributed by atoms with van der Waals surface area (Å²) >= 11 is 4.84. The Balaban J connectivity index is 2.93. The largest absolute Gasteiger partial charge is 0.511 e. The number of nitriles is 1. The molecule has 0 radical (unpaired) electrons. The van der Waals surface area contributed by atoms with E-state index in [0.29, 0.717) is 0 Å². The van der Waals surface area contributed by atoms with Gasteiger partial charge in [-0.2, -0.15) is 5.26 Å². The van der Waals surface area contributed by atoms with Gasteiger partial charge in [-0.3, -0.25) is 0 Å². The third kappa shape index (κ3) is 3.23. The number of aliphatic hydroxyl groups is 1. The molecule has 0 aliphatic rings. The molecule has 0 atom stereocenters. The van der Waals surface area contributed by atoms with Crippen molar-refractivity contribution in [2.24, 2.45) is 0 Å². The second-order valence-corrected chi connectivity index (χ2v) is 3.56. The lowest BCUT2D eigenvalue weighted by Gasteiger charge is -2.07. The highest BCUT2D eigenvalue weighted by Crippen LogP contribution is 2.15. The van der Waals surface area contributed by atoms with Gasteiger partial charge < -0.3 is 10.4 Å². The number of rotatable bonds is 2. The minimum absolute atomic E-state index is 0.0569. The van der Waals surface area contributed by atoms with Crippen LogP contribution in [0.3, 0.4) is 0 Å². The maximum absolute atomic E-state index is 12.9. The van der Waals surface area contributed by atoms with Crippen LogP contribution in [0.5, 0.6) is 0 Å². The predicted octanol–water partition coefficient (Wildman–Crippen LogP) is 3.06. The Morgan fingerprint density at radius 1 is 1.41 bits per heavy atom. The quantitative estimate of drug-likeness (QED) is 0.368. The van der Waals surface area contributed by atoms with Crippen molar-refractivity contribution in [3.63, 3.8) is 0 Å². The lowest BCUT2D eigenvalue weighted by Crippen LogP contribution is -2.12. The van der Waals surface area contributed by atoms with Crippen molar-refractivity contribution in [1.29, 1.82) is 5.26 Å². The van der Waals surface area contributed by atoms with E-state index in [-0.39, 0.29) is 22.0 Å². The Hall–Kier alpha value is -2.00. The summed E-state index contributed by atoms with van der Waals surface area (Å²) in [6.07, 6.45) is 0. The molecule has 0 fully saturated rings. The molecule has 0 bridgehead atoms. The number of nitrogens with zero attached hydrogens (tertiary/aromatic N) is 1. The first-order valence-corrected chi connectivity index (χ1v) is 4.93. The molecule has 0 aliphatic heterocycles. The van der Waals surface area contributed by atoms with Gasteiger partial charge in [-0.05, 0) is 19.1 Å². The lowest BCUT2D eigenvalue weighted by molar-refractivity contribution is 0.412. The van der Waals surface area contributed by atoms with E-state index in [1.807, 2.05) is 0 Å². The Kier molecular flexibility index (Phi) is 4.12. The molecule has 6 heteroatoms. The van der Waals surface area contributed by atoms with Crippen molar-refractivity contribution in [2.45, 2.75) is 6.92 Å². The molecule has 0 saturated carbocycles. The Bertz CT molecular complexity index is 531. The molecule has 2 N–H and O–H groups in total. The van der Waals surface area contributed by atoms with E-state index in [0.717, 1.165) is 12.1 Å². The highest BCUT2D eigenvalue weighted by Gasteiger charge is 2.09. The van der Waals surface area contributed by atoms with Gasteiger partial charge in [-0.25, -0.2) is 8.78 Å². The Labute approximate surface area is 102 Å². The maximum atomic E-state index is 12.9. The molecule has 0 amide bonds. The molecule has 1 rings (SSSR count). The van der Waals surface area contributed by atoms with Crippen molar-refractivity contribution in [3.8, 4) is 6.07 Å². The van der Waals surface area contributed by atoms with Crippen molar-refractivity contribution in [3.05, 3.63) is 41.2 Å². The highest BCUT2D eigenvalue weighted by atomic mass is 32.1. The van der Waals surface area contributed by atoms with Gasteiger partial charge in [-0.15, -0.1) is 0 Å². The van der Waals surface area contributed by atoms with Crippen LogP contribution in [0.2, 0.25) is 0 Å². The van der Waals surface area contributed by atoms with E-state index in [2.05, 4.69) is 5.32 Å². The fraction of sp³-hybridized carbons (Fsp3) is 0.0909. The summed E-state index contributed by atoms with van der Waals surface area (Å²) in [5.41, 5.74) is 0.0765. The van der Waals surface area contributed by atoms with Gasteiger partial charge in [0.05, 0.1) is 0 Å². The van der Waals surface area contributed by atoms with E-state index in [1.54, 1.807) is 6.07 Å². The van der Waals surface area contributed by atoms with Crippen molar-refractivity contribution < 1.29 is 13.9 Å². The molecule has 88 valence electrons. The van der Waals surface area contributed by atoms with E-state index < -0.39 is 11.6 Å². The molecule has 0 saturated heterocycles. The molecular formula is C11H8F2N2OS. The molecule has 0 aromatic heterocycles. The molecule has 17 heavy (non-hydrogen) atoms. The number of hydrogen-bond donors (Lipinski definition) is 2. The van der Waals surface area contributed by atoms with Crippen LogP contribution in [-0.2, 0) is 0 Å². The fourth-order valence-corrected chi connectivity index (χ4v) is 1.37. The van der Waals surface area contributed by atoms with E-state index in [9.17, 15) is 8.78 Å². The molecule has 0 unspecified atom stereocenters. The average Bonchev–Trinajstić information content (AvgIpc) is 2.24. The van der Waals surface area contributed by atoms with Crippen LogP contribution in [0.15, 0.2) is 29.5 Å². The topological polar surface area (TPSA) is 56.0 Å². The van der Waals surface area contributed by atoms with Crippen LogP contribution in [0, 0.1) is 23.0 Å². The maximum Gasteiger partial charge on any atom is 0.160 e. The smallest absolute Gasteiger partial charge is 0.160 e. The number of allylic oxidation sites excluding steroid dienone is 1. The zero-order valence-corrected chi connectivity index (χ0v) is 9.61. The second kappa shape index (κ2) is 5.37. The zero-order valence-electron chi connectivity index (χ0n) is 8.79. The zero-order chi connectivity index (χ0) is 13.0. The molecule has 3 nitrogen and oxygen atoms in total. The van der Waals surface area contributed by atoms with Crippen molar-refractivity contribution in [2.75, 3.05) is 5.32 Å². The second-order valence-electron chi connectivity index (χ2n) is 3.16. The third-order valence-electron chi connectivity index (χ3n) is 1.88. The molecule has 1 aromatic rings. The van der Waals surface area contributed by atoms with Crippen molar-refractivity contribution in [1.82, 2.24) is 0 Å². The van der Waals surface area contributed by atoms with Gasteiger partial charge in [0.25, 0.3) is 0 Å². The van der Waals surface area contributed by atoms with Gasteiger partial charge in [0.15, 0.2) is 11.6 Å². The number of thiocarbonyl (C=S) groups is 1. The predicted molar refractivity (Wildman–Crippen MR) is 63.5 cm³/mol. The van der Waals surface area contributed by atoms with Crippen LogP contribution in [0.25, 0.3) is 0 Å². The standard InChI is InChI=1S/C11H8F2N2OS/c1-6(16)8(5-14)11(17)15-7-2-3-9(12)10(13)4-7/h2-4,16H,1H3,(H,15,17)/b8-6-. The fourth-order valence-electron chi connectivity index (χ4n) is 1.06. The lowest BCUT2D eigenvalue weighted by atomic mass is 10.2. The first kappa shape index (κ1) is 13.1. The SMILES string of the molecule is C/C(O)=C(\C#N)C(=S)Nc1ccc(F)c(F)c1. The number of benzene rings is 1. The summed E-state index contributed by atoms with van der Waals surface area (Å²) in [4.78, 5) is -0.0569. The molecular weight excluding hydrogens is 246 g/mol. The number of anilines is 1. The summed E-state index contributed by atoms with van der Waals surface area (Å²) in [5, 5.41) is 20.4. The van der Waals surface area contributed by atoms with Crippen LogP contribution in [0.4, 0.5) is 14.5 Å². The average molecular weight is 254 g/mol. The summed E-state index contributed by atoms with van der Waals surface area (Å²) in [6.45, 7) is 1.30. The number of hydrogen-bond acceptors (Lipinski definition) is 3. The summed E-state index contributed by atoms with van der Waals surface area (Å²) in [7, 11) is 0. The minimum atomic E-state index is -1.03. The first-order valence-electron chi connectivity index (χ1n) is 4.52. The van der Waals surface area contributed by atoms with Crippen LogP contribution >= 0.6 is 12.2 Å². The van der Waals surface area contributed by atoms with Gasteiger partial charge >= 0.3 is 0 Å². The Morgan fingerprint density at radius 3 is 2.53 bits per heavy atom. The highest BCUT2D eigenvalue weighted by molar-refractivity contribution is 7.81. The van der Waals surface area contributed by atoms with Gasteiger partial charge in [0, 0.05) is 11.8 Å². The third-order valence-corrected chi connectivity index (χ3v) is 2.18. The van der Waals surface area contributed by atoms with Crippen molar-refractivity contribution >= 4 is 22.9 Å².